The Labute approximate surface area is 194 Å². The average molecular weight is 447 g/mol. The third-order valence-electron chi connectivity index (χ3n) is 6.49. The van der Waals surface area contributed by atoms with E-state index in [1.165, 1.54) is 11.1 Å². The topological polar surface area (TPSA) is 77.3 Å². The number of aryl methyl sites for hydroxylation is 3. The van der Waals surface area contributed by atoms with Crippen molar-refractivity contribution >= 4 is 17.7 Å². The maximum Gasteiger partial charge on any atom is 0.309 e. The molecule has 1 saturated heterocycles. The first-order valence-corrected chi connectivity index (χ1v) is 11.3. The SMILES string of the molecule is Cc1ccc(-n2c(C)cc(C(=O)COC(=O)C3CCN(c4ncccn4)CC3)c2C)cc1C. The third kappa shape index (κ3) is 4.82. The number of carbonyl (C=O) groups is 2. The van der Waals surface area contributed by atoms with Crippen molar-refractivity contribution in [3.05, 3.63) is 70.8 Å². The molecule has 0 aliphatic carbocycles. The van der Waals surface area contributed by atoms with Gasteiger partial charge in [-0.2, -0.15) is 0 Å². The largest absolute Gasteiger partial charge is 0.457 e. The molecule has 3 aromatic rings. The molecular weight excluding hydrogens is 416 g/mol. The van der Waals surface area contributed by atoms with Crippen LogP contribution >= 0.6 is 0 Å². The molecule has 0 spiro atoms. The summed E-state index contributed by atoms with van der Waals surface area (Å²) in [6, 6.07) is 9.92. The van der Waals surface area contributed by atoms with Crippen molar-refractivity contribution in [3.8, 4) is 5.69 Å². The number of piperidine rings is 1. The van der Waals surface area contributed by atoms with E-state index in [9.17, 15) is 9.59 Å². The van der Waals surface area contributed by atoms with Crippen molar-refractivity contribution in [1.82, 2.24) is 14.5 Å². The minimum Gasteiger partial charge on any atom is -0.457 e. The van der Waals surface area contributed by atoms with Crippen LogP contribution < -0.4 is 4.90 Å². The summed E-state index contributed by atoms with van der Waals surface area (Å²) in [5.41, 5.74) is 5.88. The Balaban J connectivity index is 1.36. The van der Waals surface area contributed by atoms with Gasteiger partial charge in [-0.3, -0.25) is 9.59 Å². The molecule has 0 amide bonds. The summed E-state index contributed by atoms with van der Waals surface area (Å²) in [6.45, 7) is 9.21. The highest BCUT2D eigenvalue weighted by molar-refractivity contribution is 5.99. The number of nitrogens with zero attached hydrogens (tertiary/aromatic N) is 4. The van der Waals surface area contributed by atoms with Crippen LogP contribution in [0.3, 0.4) is 0 Å². The van der Waals surface area contributed by atoms with Crippen LogP contribution in [0.2, 0.25) is 0 Å². The normalized spacial score (nSPS) is 14.4. The molecule has 0 saturated carbocycles. The van der Waals surface area contributed by atoms with Crippen LogP contribution in [0.25, 0.3) is 5.69 Å². The summed E-state index contributed by atoms with van der Waals surface area (Å²) in [5, 5.41) is 0. The second-order valence-corrected chi connectivity index (χ2v) is 8.73. The fraction of sp³-hybridized carbons (Fsp3) is 0.385. The van der Waals surface area contributed by atoms with E-state index >= 15 is 0 Å². The number of benzene rings is 1. The van der Waals surface area contributed by atoms with Crippen molar-refractivity contribution in [2.75, 3.05) is 24.6 Å². The first-order chi connectivity index (χ1) is 15.8. The van der Waals surface area contributed by atoms with Gasteiger partial charge in [0.25, 0.3) is 0 Å². The molecule has 1 fully saturated rings. The number of anilines is 1. The van der Waals surface area contributed by atoms with E-state index in [1.54, 1.807) is 18.5 Å². The summed E-state index contributed by atoms with van der Waals surface area (Å²) in [7, 11) is 0. The number of esters is 1. The monoisotopic (exact) mass is 446 g/mol. The van der Waals surface area contributed by atoms with Gasteiger partial charge in [0.1, 0.15) is 0 Å². The minimum atomic E-state index is -0.306. The highest BCUT2D eigenvalue weighted by Crippen LogP contribution is 2.24. The van der Waals surface area contributed by atoms with Crippen LogP contribution in [0.4, 0.5) is 5.95 Å². The van der Waals surface area contributed by atoms with Crippen molar-refractivity contribution in [2.24, 2.45) is 5.92 Å². The van der Waals surface area contributed by atoms with Gasteiger partial charge in [0.05, 0.1) is 5.92 Å². The summed E-state index contributed by atoms with van der Waals surface area (Å²) in [4.78, 5) is 36.1. The van der Waals surface area contributed by atoms with Gasteiger partial charge >= 0.3 is 5.97 Å². The van der Waals surface area contributed by atoms with Crippen LogP contribution in [0.15, 0.2) is 42.7 Å². The van der Waals surface area contributed by atoms with Gasteiger partial charge < -0.3 is 14.2 Å². The van der Waals surface area contributed by atoms with Crippen LogP contribution in [0.5, 0.6) is 0 Å². The quantitative estimate of drug-likeness (QED) is 0.418. The molecule has 0 atom stereocenters. The molecule has 1 aliphatic heterocycles. The minimum absolute atomic E-state index is 0.179. The van der Waals surface area contributed by atoms with Crippen LogP contribution in [-0.4, -0.2) is 46.0 Å². The molecule has 1 aliphatic rings. The molecule has 0 unspecified atom stereocenters. The molecule has 172 valence electrons. The molecule has 0 bridgehead atoms. The predicted octanol–water partition coefficient (Wildman–Crippen LogP) is 4.14. The van der Waals surface area contributed by atoms with Gasteiger partial charge in [0, 0.05) is 48.1 Å². The Bertz CT molecular complexity index is 1160. The predicted molar refractivity (Wildman–Crippen MR) is 127 cm³/mol. The van der Waals surface area contributed by atoms with Crippen LogP contribution in [0.1, 0.15) is 45.7 Å². The second kappa shape index (κ2) is 9.57. The van der Waals surface area contributed by atoms with E-state index < -0.39 is 0 Å². The summed E-state index contributed by atoms with van der Waals surface area (Å²) in [5.74, 6) is -0.0130. The van der Waals surface area contributed by atoms with Gasteiger partial charge in [0.2, 0.25) is 11.7 Å². The first-order valence-electron chi connectivity index (χ1n) is 11.3. The number of ketones is 1. The first kappa shape index (κ1) is 22.7. The van der Waals surface area contributed by atoms with Crippen molar-refractivity contribution in [2.45, 2.75) is 40.5 Å². The standard InChI is InChI=1S/C26H30N4O3/c1-17-6-7-22(14-18(17)2)30-19(3)15-23(20(30)4)24(31)16-33-25(32)21-8-12-29(13-9-21)26-27-10-5-11-28-26/h5-7,10-11,14-15,21H,8-9,12-13,16H2,1-4H3. The van der Waals surface area contributed by atoms with Crippen LogP contribution in [-0.2, 0) is 9.53 Å². The van der Waals surface area contributed by atoms with Gasteiger partial charge in [0.15, 0.2) is 6.61 Å². The number of ether oxygens (including phenoxy) is 1. The lowest BCUT2D eigenvalue weighted by Crippen LogP contribution is -2.38. The molecule has 7 heteroatoms. The van der Waals surface area contributed by atoms with Crippen molar-refractivity contribution in [1.29, 1.82) is 0 Å². The fourth-order valence-corrected chi connectivity index (χ4v) is 4.41. The van der Waals surface area contributed by atoms with Crippen molar-refractivity contribution < 1.29 is 14.3 Å². The smallest absolute Gasteiger partial charge is 0.309 e. The summed E-state index contributed by atoms with van der Waals surface area (Å²) >= 11 is 0. The van der Waals surface area contributed by atoms with E-state index in [0.29, 0.717) is 37.4 Å². The zero-order chi connectivity index (χ0) is 23.5. The summed E-state index contributed by atoms with van der Waals surface area (Å²) < 4.78 is 7.51. The summed E-state index contributed by atoms with van der Waals surface area (Å²) in [6.07, 6.45) is 4.75. The van der Waals surface area contributed by atoms with Gasteiger partial charge in [-0.15, -0.1) is 0 Å². The highest BCUT2D eigenvalue weighted by Gasteiger charge is 2.28. The van der Waals surface area contributed by atoms with E-state index in [2.05, 4.69) is 51.5 Å². The Morgan fingerprint density at radius 2 is 1.70 bits per heavy atom. The maximum atomic E-state index is 12.9. The lowest BCUT2D eigenvalue weighted by atomic mass is 9.97. The second-order valence-electron chi connectivity index (χ2n) is 8.73. The average Bonchev–Trinajstić information content (AvgIpc) is 3.13. The Morgan fingerprint density at radius 1 is 1.00 bits per heavy atom. The number of carbonyl (C=O) groups excluding carboxylic acids is 2. The molecule has 0 N–H and O–H groups in total. The molecule has 0 radical (unpaired) electrons. The van der Waals surface area contributed by atoms with E-state index in [0.717, 1.165) is 17.1 Å². The van der Waals surface area contributed by atoms with Gasteiger partial charge in [-0.05, 0) is 75.9 Å². The maximum absolute atomic E-state index is 12.9. The number of hydrogen-bond donors (Lipinski definition) is 0. The molecule has 2 aromatic heterocycles. The van der Waals surface area contributed by atoms with E-state index in [1.807, 2.05) is 19.9 Å². The van der Waals surface area contributed by atoms with Crippen molar-refractivity contribution in [3.63, 3.8) is 0 Å². The molecule has 3 heterocycles. The Morgan fingerprint density at radius 3 is 2.36 bits per heavy atom. The number of Topliss-reactive ketones (excluding diaryl/α,β-unsaturated/α-hetero) is 1. The lowest BCUT2D eigenvalue weighted by molar-refractivity contribution is -0.148. The number of rotatable bonds is 6. The number of aromatic nitrogens is 3. The zero-order valence-corrected chi connectivity index (χ0v) is 19.7. The lowest BCUT2D eigenvalue weighted by Gasteiger charge is -2.30. The van der Waals surface area contributed by atoms with Crippen LogP contribution in [0, 0.1) is 33.6 Å². The molecular formula is C26H30N4O3. The zero-order valence-electron chi connectivity index (χ0n) is 19.7. The number of hydrogen-bond acceptors (Lipinski definition) is 6. The Kier molecular flexibility index (Phi) is 6.58. The van der Waals surface area contributed by atoms with E-state index in [-0.39, 0.29) is 24.3 Å². The highest BCUT2D eigenvalue weighted by atomic mass is 16.5. The van der Waals surface area contributed by atoms with Gasteiger partial charge in [-0.1, -0.05) is 6.07 Å². The molecule has 33 heavy (non-hydrogen) atoms. The van der Waals surface area contributed by atoms with Gasteiger partial charge in [-0.25, -0.2) is 9.97 Å². The third-order valence-corrected chi connectivity index (χ3v) is 6.49. The fourth-order valence-electron chi connectivity index (χ4n) is 4.41. The Hall–Kier alpha value is -3.48. The molecule has 7 nitrogen and oxygen atoms in total. The van der Waals surface area contributed by atoms with E-state index in [4.69, 9.17) is 4.74 Å². The molecule has 4 rings (SSSR count). The molecule has 1 aromatic carbocycles.